The predicted molar refractivity (Wildman–Crippen MR) is 85.4 cm³/mol. The molecule has 118 valence electrons. The summed E-state index contributed by atoms with van der Waals surface area (Å²) in [6.45, 7) is 0. The van der Waals surface area contributed by atoms with Crippen molar-refractivity contribution in [1.82, 2.24) is 0 Å². The van der Waals surface area contributed by atoms with Gasteiger partial charge in [0.05, 0.1) is 12.1 Å². The Morgan fingerprint density at radius 3 is 2.52 bits per heavy atom. The zero-order valence-electron chi connectivity index (χ0n) is 12.3. The Kier molecular flexibility index (Phi) is 4.14. The fraction of sp³-hybridized carbons (Fsp3) is 0.176. The summed E-state index contributed by atoms with van der Waals surface area (Å²) in [5.74, 6) is -0.495. The molecule has 1 unspecified atom stereocenters. The van der Waals surface area contributed by atoms with Gasteiger partial charge in [-0.15, -0.1) is 0 Å². The van der Waals surface area contributed by atoms with E-state index in [2.05, 4.69) is 10.6 Å². The maximum absolute atomic E-state index is 11.6. The number of rotatable bonds is 5. The number of anilines is 2. The highest BCUT2D eigenvalue weighted by Crippen LogP contribution is 2.37. The number of fused-ring (bicyclic) bond motifs is 1. The van der Waals surface area contributed by atoms with E-state index in [1.807, 2.05) is 36.4 Å². The van der Waals surface area contributed by atoms with Crippen molar-refractivity contribution in [2.24, 2.45) is 0 Å². The average Bonchev–Trinajstić information content (AvgIpc) is 2.97. The van der Waals surface area contributed by atoms with Crippen molar-refractivity contribution >= 4 is 23.3 Å². The fourth-order valence-corrected chi connectivity index (χ4v) is 2.32. The number of carbonyl (C=O) groups excluding carboxylic acids is 1. The van der Waals surface area contributed by atoms with Gasteiger partial charge in [-0.2, -0.15) is 0 Å². The Labute approximate surface area is 133 Å². The molecule has 3 N–H and O–H groups in total. The molecule has 0 saturated carbocycles. The molecule has 0 bridgehead atoms. The minimum absolute atomic E-state index is 0.0420. The number of para-hydroxylation sites is 2. The SMILES string of the molecule is O=C(O)CCC(=O)Nc1ccc(C2Nc3ccccc3O2)cc1. The lowest BCUT2D eigenvalue weighted by Gasteiger charge is -2.12. The highest BCUT2D eigenvalue weighted by molar-refractivity contribution is 5.92. The van der Waals surface area contributed by atoms with Gasteiger partial charge in [0.25, 0.3) is 0 Å². The van der Waals surface area contributed by atoms with Gasteiger partial charge < -0.3 is 20.5 Å². The second kappa shape index (κ2) is 6.39. The van der Waals surface area contributed by atoms with Gasteiger partial charge in [-0.1, -0.05) is 24.3 Å². The lowest BCUT2D eigenvalue weighted by Crippen LogP contribution is -2.14. The van der Waals surface area contributed by atoms with Gasteiger partial charge in [0.2, 0.25) is 5.91 Å². The molecule has 3 rings (SSSR count). The second-order valence-corrected chi connectivity index (χ2v) is 5.20. The number of ether oxygens (including phenoxy) is 1. The van der Waals surface area contributed by atoms with E-state index in [1.54, 1.807) is 12.1 Å². The molecule has 0 fully saturated rings. The normalized spacial score (nSPS) is 15.2. The predicted octanol–water partition coefficient (Wildman–Crippen LogP) is 2.99. The molecule has 0 aliphatic carbocycles. The molecule has 6 nitrogen and oxygen atoms in total. The lowest BCUT2D eigenvalue weighted by atomic mass is 10.1. The van der Waals surface area contributed by atoms with Crippen LogP contribution in [0.2, 0.25) is 0 Å². The number of hydrogen-bond donors (Lipinski definition) is 3. The van der Waals surface area contributed by atoms with E-state index < -0.39 is 5.97 Å². The quantitative estimate of drug-likeness (QED) is 0.790. The number of carboxylic acid groups (broad SMARTS) is 1. The lowest BCUT2D eigenvalue weighted by molar-refractivity contribution is -0.138. The van der Waals surface area contributed by atoms with Gasteiger partial charge in [-0.3, -0.25) is 9.59 Å². The standard InChI is InChI=1S/C17H16N2O4/c20-15(9-10-16(21)22)18-12-7-5-11(6-8-12)17-19-13-3-1-2-4-14(13)23-17/h1-8,17,19H,9-10H2,(H,18,20)(H,21,22). The van der Waals surface area contributed by atoms with Gasteiger partial charge in [0.15, 0.2) is 6.23 Å². The summed E-state index contributed by atoms with van der Waals surface area (Å²) in [4.78, 5) is 22.0. The van der Waals surface area contributed by atoms with E-state index in [1.165, 1.54) is 0 Å². The number of hydrogen-bond acceptors (Lipinski definition) is 4. The highest BCUT2D eigenvalue weighted by atomic mass is 16.5. The minimum atomic E-state index is -0.987. The summed E-state index contributed by atoms with van der Waals surface area (Å²) in [6.07, 6.45) is -0.481. The molecule has 0 spiro atoms. The van der Waals surface area contributed by atoms with Crippen LogP contribution in [0.5, 0.6) is 5.75 Å². The fourth-order valence-electron chi connectivity index (χ4n) is 2.32. The summed E-state index contributed by atoms with van der Waals surface area (Å²) >= 11 is 0. The Morgan fingerprint density at radius 2 is 1.83 bits per heavy atom. The Morgan fingerprint density at radius 1 is 1.09 bits per heavy atom. The number of benzene rings is 2. The molecule has 23 heavy (non-hydrogen) atoms. The van der Waals surface area contributed by atoms with E-state index >= 15 is 0 Å². The zero-order chi connectivity index (χ0) is 16.2. The van der Waals surface area contributed by atoms with Crippen LogP contribution in [0.15, 0.2) is 48.5 Å². The van der Waals surface area contributed by atoms with Crippen molar-refractivity contribution in [2.45, 2.75) is 19.1 Å². The molecule has 0 aromatic heterocycles. The maximum atomic E-state index is 11.6. The summed E-state index contributed by atoms with van der Waals surface area (Å²) in [7, 11) is 0. The van der Waals surface area contributed by atoms with Crippen molar-refractivity contribution in [3.8, 4) is 5.75 Å². The summed E-state index contributed by atoms with van der Waals surface area (Å²) in [5.41, 5.74) is 2.51. The second-order valence-electron chi connectivity index (χ2n) is 5.20. The third-order valence-electron chi connectivity index (χ3n) is 3.48. The molecule has 1 amide bonds. The molecular formula is C17H16N2O4. The zero-order valence-corrected chi connectivity index (χ0v) is 12.3. The summed E-state index contributed by atoms with van der Waals surface area (Å²) in [6, 6.07) is 15.0. The first-order valence-electron chi connectivity index (χ1n) is 7.25. The molecule has 1 heterocycles. The first-order valence-corrected chi connectivity index (χ1v) is 7.25. The van der Waals surface area contributed by atoms with Crippen molar-refractivity contribution in [3.63, 3.8) is 0 Å². The van der Waals surface area contributed by atoms with Gasteiger partial charge >= 0.3 is 5.97 Å². The van der Waals surface area contributed by atoms with Crippen LogP contribution in [-0.4, -0.2) is 17.0 Å². The molecule has 2 aromatic carbocycles. The molecular weight excluding hydrogens is 296 g/mol. The number of aliphatic carboxylic acids is 1. The van der Waals surface area contributed by atoms with Crippen LogP contribution in [0.4, 0.5) is 11.4 Å². The van der Waals surface area contributed by atoms with Crippen LogP contribution >= 0.6 is 0 Å². The van der Waals surface area contributed by atoms with E-state index in [4.69, 9.17) is 9.84 Å². The average molecular weight is 312 g/mol. The van der Waals surface area contributed by atoms with Crippen molar-refractivity contribution in [2.75, 3.05) is 10.6 Å². The van der Waals surface area contributed by atoms with E-state index in [9.17, 15) is 9.59 Å². The van der Waals surface area contributed by atoms with Crippen LogP contribution in [0, 0.1) is 0 Å². The van der Waals surface area contributed by atoms with E-state index in [0.717, 1.165) is 17.0 Å². The monoisotopic (exact) mass is 312 g/mol. The highest BCUT2D eigenvalue weighted by Gasteiger charge is 2.22. The van der Waals surface area contributed by atoms with E-state index in [-0.39, 0.29) is 25.0 Å². The number of amides is 1. The number of nitrogens with one attached hydrogen (secondary N) is 2. The molecule has 2 aromatic rings. The third-order valence-corrected chi connectivity index (χ3v) is 3.48. The number of carbonyl (C=O) groups is 2. The van der Waals surface area contributed by atoms with Crippen molar-refractivity contribution in [1.29, 1.82) is 0 Å². The van der Waals surface area contributed by atoms with Gasteiger partial charge in [0.1, 0.15) is 5.75 Å². The molecule has 6 heteroatoms. The minimum Gasteiger partial charge on any atom is -0.481 e. The van der Waals surface area contributed by atoms with Gasteiger partial charge in [-0.25, -0.2) is 0 Å². The topological polar surface area (TPSA) is 87.7 Å². The first-order chi connectivity index (χ1) is 11.1. The number of carboxylic acids is 1. The largest absolute Gasteiger partial charge is 0.481 e. The Bertz CT molecular complexity index is 703. The molecule has 1 atom stereocenters. The Balaban J connectivity index is 1.60. The van der Waals surface area contributed by atoms with E-state index in [0.29, 0.717) is 5.69 Å². The van der Waals surface area contributed by atoms with Gasteiger partial charge in [0, 0.05) is 17.7 Å². The van der Waals surface area contributed by atoms with Crippen LogP contribution in [0.3, 0.4) is 0 Å². The Hall–Kier alpha value is -3.02. The maximum Gasteiger partial charge on any atom is 0.303 e. The van der Waals surface area contributed by atoms with Crippen molar-refractivity contribution in [3.05, 3.63) is 54.1 Å². The summed E-state index contributed by atoms with van der Waals surface area (Å²) in [5, 5.41) is 14.5. The first kappa shape index (κ1) is 14.9. The van der Waals surface area contributed by atoms with Crippen LogP contribution in [0.1, 0.15) is 24.6 Å². The molecule has 1 aliphatic heterocycles. The van der Waals surface area contributed by atoms with Crippen LogP contribution in [-0.2, 0) is 9.59 Å². The van der Waals surface area contributed by atoms with Crippen LogP contribution in [0.25, 0.3) is 0 Å². The smallest absolute Gasteiger partial charge is 0.303 e. The summed E-state index contributed by atoms with van der Waals surface area (Å²) < 4.78 is 5.82. The van der Waals surface area contributed by atoms with Gasteiger partial charge in [-0.05, 0) is 24.3 Å². The molecule has 0 radical (unpaired) electrons. The molecule has 1 aliphatic rings. The third kappa shape index (κ3) is 3.60. The van der Waals surface area contributed by atoms with Crippen molar-refractivity contribution < 1.29 is 19.4 Å². The molecule has 0 saturated heterocycles. The van der Waals surface area contributed by atoms with Crippen LogP contribution < -0.4 is 15.4 Å².